The van der Waals surface area contributed by atoms with Gasteiger partial charge in [0.2, 0.25) is 0 Å². The first-order chi connectivity index (χ1) is 7.79. The number of alkyl halides is 2. The van der Waals surface area contributed by atoms with Crippen LogP contribution in [0.2, 0.25) is 0 Å². The van der Waals surface area contributed by atoms with Gasteiger partial charge in [-0.2, -0.15) is 13.9 Å². The number of aromatic nitrogens is 2. The van der Waals surface area contributed by atoms with Gasteiger partial charge in [0.1, 0.15) is 0 Å². The summed E-state index contributed by atoms with van der Waals surface area (Å²) in [6.45, 7) is -1.19. The zero-order valence-electron chi connectivity index (χ0n) is 8.56. The largest absolute Gasteiger partial charge is 0.333 e. The summed E-state index contributed by atoms with van der Waals surface area (Å²) in [4.78, 5) is -0.207. The lowest BCUT2D eigenvalue weighted by atomic mass is 10.2. The van der Waals surface area contributed by atoms with Gasteiger partial charge in [-0.05, 0) is 24.6 Å². The maximum Gasteiger partial charge on any atom is 0.333 e. The maximum atomic E-state index is 12.5. The predicted molar refractivity (Wildman–Crippen MR) is 58.8 cm³/mol. The first-order valence-corrected chi connectivity index (χ1v) is 6.82. The molecule has 4 nitrogen and oxygen atoms in total. The van der Waals surface area contributed by atoms with Gasteiger partial charge in [-0.3, -0.25) is 0 Å². The number of nitrogens with zero attached hydrogens (tertiary/aromatic N) is 2. The number of fused-ring (bicyclic) bond motifs is 1. The van der Waals surface area contributed by atoms with Crippen LogP contribution in [0.25, 0.3) is 10.9 Å². The average molecular weight is 281 g/mol. The van der Waals surface area contributed by atoms with Crippen molar-refractivity contribution in [2.24, 2.45) is 0 Å². The van der Waals surface area contributed by atoms with Crippen molar-refractivity contribution < 1.29 is 17.2 Å². The number of aryl methyl sites for hydroxylation is 1. The third-order valence-electron chi connectivity index (χ3n) is 2.21. The molecule has 2 aromatic rings. The molecule has 0 saturated carbocycles. The van der Waals surface area contributed by atoms with Crippen LogP contribution in [-0.4, -0.2) is 18.2 Å². The van der Waals surface area contributed by atoms with E-state index in [1.165, 1.54) is 12.1 Å². The summed E-state index contributed by atoms with van der Waals surface area (Å²) in [6, 6.07) is 2.84. The summed E-state index contributed by atoms with van der Waals surface area (Å²) in [5.41, 5.74) is 0.751. The normalized spacial score (nSPS) is 12.5. The van der Waals surface area contributed by atoms with Gasteiger partial charge in [0.15, 0.2) is 0 Å². The van der Waals surface area contributed by atoms with E-state index in [0.717, 1.165) is 6.20 Å². The highest BCUT2D eigenvalue weighted by Gasteiger charge is 2.19. The molecule has 1 heterocycles. The Labute approximate surface area is 100 Å². The fraction of sp³-hybridized carbons (Fsp3) is 0.222. The minimum Gasteiger partial charge on any atom is -0.210 e. The first kappa shape index (κ1) is 12.3. The summed E-state index contributed by atoms with van der Waals surface area (Å²) in [6.07, 6.45) is 0.967. The van der Waals surface area contributed by atoms with E-state index < -0.39 is 15.6 Å². The molecule has 0 fully saturated rings. The molecule has 0 N–H and O–H groups in total. The second-order valence-corrected chi connectivity index (χ2v) is 6.05. The SMILES string of the molecule is Cc1cc(S(=O)(=O)Cl)c2cn(C(F)F)nc2c1. The molecule has 0 saturated heterocycles. The van der Waals surface area contributed by atoms with E-state index in [2.05, 4.69) is 5.10 Å². The van der Waals surface area contributed by atoms with E-state index in [4.69, 9.17) is 10.7 Å². The summed E-state index contributed by atoms with van der Waals surface area (Å²) in [5.74, 6) is 0. The van der Waals surface area contributed by atoms with Gasteiger partial charge in [-0.15, -0.1) is 0 Å². The molecule has 17 heavy (non-hydrogen) atoms. The number of halogens is 3. The van der Waals surface area contributed by atoms with E-state index in [1.807, 2.05) is 0 Å². The van der Waals surface area contributed by atoms with Crippen molar-refractivity contribution in [1.29, 1.82) is 0 Å². The summed E-state index contributed by atoms with van der Waals surface area (Å²) in [5, 5.41) is 3.68. The van der Waals surface area contributed by atoms with Crippen LogP contribution in [0, 0.1) is 6.92 Å². The zero-order valence-corrected chi connectivity index (χ0v) is 10.1. The van der Waals surface area contributed by atoms with Gasteiger partial charge in [0, 0.05) is 22.3 Å². The Morgan fingerprint density at radius 2 is 2.06 bits per heavy atom. The summed E-state index contributed by atoms with van der Waals surface area (Å²) < 4.78 is 47.9. The van der Waals surface area contributed by atoms with Gasteiger partial charge in [-0.1, -0.05) is 0 Å². The van der Waals surface area contributed by atoms with Crippen molar-refractivity contribution in [2.75, 3.05) is 0 Å². The van der Waals surface area contributed by atoms with Crippen molar-refractivity contribution in [1.82, 2.24) is 9.78 Å². The van der Waals surface area contributed by atoms with Crippen LogP contribution < -0.4 is 0 Å². The Kier molecular flexibility index (Phi) is 2.82. The van der Waals surface area contributed by atoms with E-state index in [0.29, 0.717) is 10.2 Å². The molecule has 2 rings (SSSR count). The topological polar surface area (TPSA) is 52.0 Å². The molecule has 0 aliphatic rings. The lowest BCUT2D eigenvalue weighted by molar-refractivity contribution is 0.0573. The molecule has 8 heteroatoms. The number of hydrogen-bond donors (Lipinski definition) is 0. The minimum atomic E-state index is -3.99. The predicted octanol–water partition coefficient (Wildman–Crippen LogP) is 2.67. The van der Waals surface area contributed by atoms with Gasteiger partial charge >= 0.3 is 6.55 Å². The molecule has 0 radical (unpaired) electrons. The number of hydrogen-bond acceptors (Lipinski definition) is 3. The maximum absolute atomic E-state index is 12.5. The van der Waals surface area contributed by atoms with Crippen LogP contribution in [0.15, 0.2) is 23.2 Å². The van der Waals surface area contributed by atoms with Crippen LogP contribution in [-0.2, 0) is 9.05 Å². The van der Waals surface area contributed by atoms with Crippen molar-refractivity contribution >= 4 is 30.6 Å². The van der Waals surface area contributed by atoms with E-state index in [1.54, 1.807) is 6.92 Å². The second-order valence-electron chi connectivity index (χ2n) is 3.52. The molecule has 1 aromatic heterocycles. The highest BCUT2D eigenvalue weighted by atomic mass is 35.7. The Hall–Kier alpha value is -1.21. The molecular formula is C9H7ClF2N2O2S. The quantitative estimate of drug-likeness (QED) is 0.795. The van der Waals surface area contributed by atoms with Gasteiger partial charge < -0.3 is 0 Å². The van der Waals surface area contributed by atoms with E-state index >= 15 is 0 Å². The molecule has 0 unspecified atom stereocenters. The van der Waals surface area contributed by atoms with Crippen LogP contribution >= 0.6 is 10.7 Å². The third-order valence-corrected chi connectivity index (χ3v) is 3.57. The van der Waals surface area contributed by atoms with Crippen molar-refractivity contribution in [3.05, 3.63) is 23.9 Å². The molecule has 0 aliphatic heterocycles. The molecule has 0 atom stereocenters. The molecule has 0 aliphatic carbocycles. The Bertz CT molecular complexity index is 682. The van der Waals surface area contributed by atoms with Crippen LogP contribution in [0.3, 0.4) is 0 Å². The summed E-state index contributed by atoms with van der Waals surface area (Å²) >= 11 is 0. The lowest BCUT2D eigenvalue weighted by Gasteiger charge is -1.99. The smallest absolute Gasteiger partial charge is 0.210 e. The summed E-state index contributed by atoms with van der Waals surface area (Å²) in [7, 11) is 1.26. The molecule has 0 amide bonds. The molecule has 1 aromatic carbocycles. The Balaban J connectivity index is 2.84. The zero-order chi connectivity index (χ0) is 12.8. The van der Waals surface area contributed by atoms with Crippen molar-refractivity contribution in [2.45, 2.75) is 18.4 Å². The molecule has 0 bridgehead atoms. The Morgan fingerprint density at radius 1 is 1.41 bits per heavy atom. The number of benzene rings is 1. The van der Waals surface area contributed by atoms with Gasteiger partial charge in [-0.25, -0.2) is 13.1 Å². The second kappa shape index (κ2) is 3.92. The Morgan fingerprint density at radius 3 is 2.59 bits per heavy atom. The van der Waals surface area contributed by atoms with Crippen LogP contribution in [0.4, 0.5) is 8.78 Å². The fourth-order valence-electron chi connectivity index (χ4n) is 1.55. The molecular weight excluding hydrogens is 274 g/mol. The third kappa shape index (κ3) is 2.25. The minimum absolute atomic E-state index is 0.0888. The van der Waals surface area contributed by atoms with Crippen LogP contribution in [0.5, 0.6) is 0 Å². The fourth-order valence-corrected chi connectivity index (χ4v) is 2.68. The lowest BCUT2D eigenvalue weighted by Crippen LogP contribution is -1.97. The van der Waals surface area contributed by atoms with Gasteiger partial charge in [0.05, 0.1) is 10.4 Å². The number of rotatable bonds is 2. The standard InChI is InChI=1S/C9H7ClF2N2O2S/c1-5-2-7-6(4-14(13-7)9(11)12)8(3-5)17(10,15)16/h2-4,9H,1H3. The van der Waals surface area contributed by atoms with Crippen LogP contribution in [0.1, 0.15) is 12.1 Å². The average Bonchev–Trinajstić information content (AvgIpc) is 2.58. The van der Waals surface area contributed by atoms with E-state index in [9.17, 15) is 17.2 Å². The molecule has 92 valence electrons. The highest BCUT2D eigenvalue weighted by Crippen LogP contribution is 2.28. The van der Waals surface area contributed by atoms with E-state index in [-0.39, 0.29) is 15.8 Å². The highest BCUT2D eigenvalue weighted by molar-refractivity contribution is 8.14. The van der Waals surface area contributed by atoms with Crippen molar-refractivity contribution in [3.8, 4) is 0 Å². The van der Waals surface area contributed by atoms with Gasteiger partial charge in [0.25, 0.3) is 9.05 Å². The molecule has 0 spiro atoms. The first-order valence-electron chi connectivity index (χ1n) is 4.51. The van der Waals surface area contributed by atoms with Crippen molar-refractivity contribution in [3.63, 3.8) is 0 Å². The monoisotopic (exact) mass is 280 g/mol.